The summed E-state index contributed by atoms with van der Waals surface area (Å²) in [7, 11) is 7.76. The SMILES string of the molecule is CN(C)c1ccc2c(c1)Oc1cc(N(C)C)ccc1C2(OC=O)c1cccc(C(=O)NCCCCCCOc2cc3sc(C#N)nc3cc2F)c1. The van der Waals surface area contributed by atoms with Crippen LogP contribution in [0.2, 0.25) is 0 Å². The number of hydrogen-bond donors (Lipinski definition) is 1. The van der Waals surface area contributed by atoms with Crippen molar-refractivity contribution in [2.75, 3.05) is 51.1 Å². The first-order chi connectivity index (χ1) is 24.6. The van der Waals surface area contributed by atoms with E-state index in [1.807, 2.05) is 86.5 Å². The molecule has 0 saturated heterocycles. The number of ether oxygens (including phenoxy) is 3. The third-order valence-electron chi connectivity index (χ3n) is 8.85. The standard InChI is InChI=1S/C39H38FN5O5S/c1-44(2)27-12-14-29-33(19-27)50-34-20-28(45(3)4)13-15-30(34)39(29,49-24-46)26-11-9-10-25(18-26)38(47)42-16-7-5-6-8-17-48-35-22-36-32(21-31(35)40)43-37(23-41)51-36/h9-15,18-22,24H,5-8,16-17H2,1-4H3,(H,42,47). The predicted molar refractivity (Wildman–Crippen MR) is 196 cm³/mol. The molecule has 1 aliphatic rings. The van der Waals surface area contributed by atoms with Crippen molar-refractivity contribution in [1.82, 2.24) is 10.3 Å². The minimum absolute atomic E-state index is 0.148. The third kappa shape index (κ3) is 7.16. The second-order valence-corrected chi connectivity index (χ2v) is 13.7. The van der Waals surface area contributed by atoms with E-state index in [9.17, 15) is 14.0 Å². The molecule has 1 aromatic heterocycles. The van der Waals surface area contributed by atoms with E-state index in [0.29, 0.717) is 63.6 Å². The van der Waals surface area contributed by atoms with E-state index < -0.39 is 11.4 Å². The molecule has 0 bridgehead atoms. The van der Waals surface area contributed by atoms with Crippen LogP contribution in [0.3, 0.4) is 0 Å². The summed E-state index contributed by atoms with van der Waals surface area (Å²) in [5.74, 6) is 0.497. The zero-order valence-electron chi connectivity index (χ0n) is 28.9. The minimum atomic E-state index is -1.37. The summed E-state index contributed by atoms with van der Waals surface area (Å²) in [5.41, 5.74) is 3.24. The highest BCUT2D eigenvalue weighted by Gasteiger charge is 2.46. The number of anilines is 2. The number of amides is 1. The normalized spacial score (nSPS) is 12.5. The van der Waals surface area contributed by atoms with Gasteiger partial charge in [0.1, 0.15) is 17.6 Å². The fourth-order valence-corrected chi connectivity index (χ4v) is 6.98. The highest BCUT2D eigenvalue weighted by atomic mass is 32.1. The van der Waals surface area contributed by atoms with Gasteiger partial charge in [0.05, 0.1) is 16.8 Å². The topological polar surface area (TPSA) is 117 Å². The largest absolute Gasteiger partial charge is 0.490 e. The first kappa shape index (κ1) is 35.2. The summed E-state index contributed by atoms with van der Waals surface area (Å²) in [6.45, 7) is 1.26. The molecule has 0 unspecified atom stereocenters. The Morgan fingerprint density at radius 3 is 2.29 bits per heavy atom. The van der Waals surface area contributed by atoms with E-state index >= 15 is 0 Å². The van der Waals surface area contributed by atoms with Crippen molar-refractivity contribution in [3.05, 3.63) is 106 Å². The smallest absolute Gasteiger partial charge is 0.294 e. The molecule has 51 heavy (non-hydrogen) atoms. The highest BCUT2D eigenvalue weighted by Crippen LogP contribution is 2.53. The van der Waals surface area contributed by atoms with Gasteiger partial charge >= 0.3 is 0 Å². The second-order valence-electron chi connectivity index (χ2n) is 12.6. The number of nitriles is 1. The second kappa shape index (κ2) is 15.1. The van der Waals surface area contributed by atoms with Crippen LogP contribution in [0.4, 0.5) is 15.8 Å². The van der Waals surface area contributed by atoms with E-state index in [4.69, 9.17) is 19.5 Å². The molecule has 1 N–H and O–H groups in total. The van der Waals surface area contributed by atoms with Crippen LogP contribution in [0, 0.1) is 17.1 Å². The molecule has 0 aliphatic carbocycles. The molecular formula is C39H38FN5O5S. The molecular weight excluding hydrogens is 670 g/mol. The van der Waals surface area contributed by atoms with Crippen molar-refractivity contribution in [3.63, 3.8) is 0 Å². The van der Waals surface area contributed by atoms with Crippen LogP contribution in [0.15, 0.2) is 72.8 Å². The maximum absolute atomic E-state index is 14.4. The summed E-state index contributed by atoms with van der Waals surface area (Å²) < 4.78 is 33.3. The minimum Gasteiger partial charge on any atom is -0.490 e. The van der Waals surface area contributed by atoms with Crippen molar-refractivity contribution in [3.8, 4) is 23.3 Å². The Bertz CT molecular complexity index is 2070. The van der Waals surface area contributed by atoms with Crippen molar-refractivity contribution in [1.29, 1.82) is 5.26 Å². The number of thiazole rings is 1. The maximum atomic E-state index is 14.4. The van der Waals surface area contributed by atoms with Crippen LogP contribution in [0.25, 0.3) is 10.2 Å². The van der Waals surface area contributed by atoms with Gasteiger partial charge in [-0.25, -0.2) is 9.37 Å². The summed E-state index contributed by atoms with van der Waals surface area (Å²) in [5, 5.41) is 12.3. The number of carbonyl (C=O) groups is 2. The molecule has 12 heteroatoms. The number of aromatic nitrogens is 1. The lowest BCUT2D eigenvalue weighted by molar-refractivity contribution is -0.137. The van der Waals surface area contributed by atoms with Gasteiger partial charge in [-0.1, -0.05) is 25.0 Å². The maximum Gasteiger partial charge on any atom is 0.294 e. The van der Waals surface area contributed by atoms with Crippen LogP contribution >= 0.6 is 11.3 Å². The molecule has 5 aromatic rings. The Hall–Kier alpha value is -5.67. The van der Waals surface area contributed by atoms with Crippen molar-refractivity contribution >= 4 is 45.3 Å². The molecule has 0 fully saturated rings. The molecule has 1 amide bonds. The zero-order chi connectivity index (χ0) is 36.1. The van der Waals surface area contributed by atoms with E-state index in [1.165, 1.54) is 17.4 Å². The number of fused-ring (bicyclic) bond motifs is 3. The number of halogens is 1. The highest BCUT2D eigenvalue weighted by molar-refractivity contribution is 7.19. The zero-order valence-corrected chi connectivity index (χ0v) is 29.7. The quantitative estimate of drug-likeness (QED) is 0.0932. The molecule has 0 saturated carbocycles. The predicted octanol–water partition coefficient (Wildman–Crippen LogP) is 7.38. The monoisotopic (exact) mass is 707 g/mol. The van der Waals surface area contributed by atoms with E-state index in [1.54, 1.807) is 24.3 Å². The summed E-state index contributed by atoms with van der Waals surface area (Å²) in [6.07, 6.45) is 3.16. The third-order valence-corrected chi connectivity index (χ3v) is 9.77. The first-order valence-corrected chi connectivity index (χ1v) is 17.4. The molecule has 10 nitrogen and oxygen atoms in total. The Morgan fingerprint density at radius 1 is 0.961 bits per heavy atom. The van der Waals surface area contributed by atoms with Crippen molar-refractivity contribution in [2.24, 2.45) is 0 Å². The average Bonchev–Trinajstić information content (AvgIpc) is 3.53. The van der Waals surface area contributed by atoms with Crippen molar-refractivity contribution in [2.45, 2.75) is 31.3 Å². The van der Waals surface area contributed by atoms with E-state index in [-0.39, 0.29) is 16.7 Å². The van der Waals surface area contributed by atoms with Crippen LogP contribution < -0.4 is 24.6 Å². The fourth-order valence-electron chi connectivity index (χ4n) is 6.21. The van der Waals surface area contributed by atoms with Crippen LogP contribution in [0.5, 0.6) is 17.2 Å². The number of rotatable bonds is 14. The van der Waals surface area contributed by atoms with Gasteiger partial charge in [-0.15, -0.1) is 11.3 Å². The van der Waals surface area contributed by atoms with Crippen LogP contribution in [-0.4, -0.2) is 58.7 Å². The van der Waals surface area contributed by atoms with Gasteiger partial charge in [-0.3, -0.25) is 9.59 Å². The van der Waals surface area contributed by atoms with Gasteiger partial charge < -0.3 is 29.3 Å². The molecule has 6 rings (SSSR count). The molecule has 262 valence electrons. The Kier molecular flexibility index (Phi) is 10.4. The van der Waals surface area contributed by atoms with Gasteiger partial charge in [0, 0.05) is 92.6 Å². The van der Waals surface area contributed by atoms with E-state index in [0.717, 1.165) is 37.1 Å². The number of nitrogens with one attached hydrogen (secondary N) is 1. The summed E-state index contributed by atoms with van der Waals surface area (Å²) in [4.78, 5) is 33.6. The summed E-state index contributed by atoms with van der Waals surface area (Å²) in [6, 6.07) is 23.5. The van der Waals surface area contributed by atoms with Crippen LogP contribution in [0.1, 0.15) is 57.7 Å². The molecule has 0 atom stereocenters. The van der Waals surface area contributed by atoms with Gasteiger partial charge in [0.2, 0.25) is 0 Å². The Balaban J connectivity index is 1.12. The van der Waals surface area contributed by atoms with Gasteiger partial charge in [0.15, 0.2) is 22.2 Å². The van der Waals surface area contributed by atoms with Gasteiger partial charge in [-0.2, -0.15) is 5.26 Å². The average molecular weight is 708 g/mol. The Labute approximate surface area is 300 Å². The van der Waals surface area contributed by atoms with Gasteiger partial charge in [0.25, 0.3) is 12.4 Å². The lowest BCUT2D eigenvalue weighted by atomic mass is 9.77. The number of carbonyl (C=O) groups excluding carboxylic acids is 2. The Morgan fingerprint density at radius 2 is 1.65 bits per heavy atom. The number of hydrogen-bond acceptors (Lipinski definition) is 10. The number of benzene rings is 4. The molecule has 0 spiro atoms. The van der Waals surface area contributed by atoms with E-state index in [2.05, 4.69) is 10.3 Å². The molecule has 1 aliphatic heterocycles. The lowest BCUT2D eigenvalue weighted by Crippen LogP contribution is -2.36. The molecule has 2 heterocycles. The summed E-state index contributed by atoms with van der Waals surface area (Å²) >= 11 is 1.20. The number of unbranched alkanes of at least 4 members (excludes halogenated alkanes) is 3. The fraction of sp³-hybridized carbons (Fsp3) is 0.282. The lowest BCUT2D eigenvalue weighted by Gasteiger charge is -2.39. The first-order valence-electron chi connectivity index (χ1n) is 16.6. The van der Waals surface area contributed by atoms with Crippen LogP contribution in [-0.2, 0) is 15.1 Å². The van der Waals surface area contributed by atoms with Gasteiger partial charge in [-0.05, 0) is 49.2 Å². The molecule has 0 radical (unpaired) electrons. The molecule has 4 aromatic carbocycles. The van der Waals surface area contributed by atoms with Crippen molar-refractivity contribution < 1.29 is 28.2 Å². The number of nitrogens with zero attached hydrogens (tertiary/aromatic N) is 4.